The minimum absolute atomic E-state index is 0.136. The number of imidazole rings is 1. The Morgan fingerprint density at radius 2 is 2.07 bits per heavy atom. The second kappa shape index (κ2) is 5.97. The van der Waals surface area contributed by atoms with Gasteiger partial charge in [0.05, 0.1) is 18.7 Å². The van der Waals surface area contributed by atoms with Gasteiger partial charge in [-0.2, -0.15) is 0 Å². The second-order valence-corrected chi connectivity index (χ2v) is 7.34. The van der Waals surface area contributed by atoms with Gasteiger partial charge < -0.3 is 20.2 Å². The number of para-hydroxylation sites is 1. The SMILES string of the molecule is NC(=O)c1cnc2n1CCN(C(=O)C1CCCc3c1[nH]c1ccccc31)C2. The summed E-state index contributed by atoms with van der Waals surface area (Å²) < 4.78 is 1.82. The number of H-pyrrole nitrogens is 1. The summed E-state index contributed by atoms with van der Waals surface area (Å²) in [4.78, 5) is 34.5. The van der Waals surface area contributed by atoms with Gasteiger partial charge in [0.25, 0.3) is 5.91 Å². The lowest BCUT2D eigenvalue weighted by atomic mass is 9.85. The number of fused-ring (bicyclic) bond motifs is 4. The molecule has 3 heterocycles. The van der Waals surface area contributed by atoms with Crippen LogP contribution in [0.1, 0.15) is 46.3 Å². The highest BCUT2D eigenvalue weighted by molar-refractivity contribution is 5.92. The van der Waals surface area contributed by atoms with Crippen molar-refractivity contribution in [2.45, 2.75) is 38.3 Å². The molecular formula is C20H21N5O2. The molecule has 3 aromatic rings. The number of benzene rings is 1. The maximum Gasteiger partial charge on any atom is 0.266 e. The Kier molecular flexibility index (Phi) is 3.56. The van der Waals surface area contributed by atoms with E-state index in [-0.39, 0.29) is 11.8 Å². The first kappa shape index (κ1) is 16.1. The first-order valence-corrected chi connectivity index (χ1v) is 9.36. The number of carbonyl (C=O) groups excluding carboxylic acids is 2. The van der Waals surface area contributed by atoms with Gasteiger partial charge in [0.1, 0.15) is 11.5 Å². The molecule has 7 nitrogen and oxygen atoms in total. The van der Waals surface area contributed by atoms with E-state index in [2.05, 4.69) is 22.1 Å². The first-order valence-electron chi connectivity index (χ1n) is 9.36. The number of nitrogens with two attached hydrogens (primary N) is 1. The molecule has 1 aliphatic carbocycles. The fourth-order valence-corrected chi connectivity index (χ4v) is 4.53. The van der Waals surface area contributed by atoms with E-state index in [9.17, 15) is 9.59 Å². The van der Waals surface area contributed by atoms with E-state index >= 15 is 0 Å². The Balaban J connectivity index is 1.45. The smallest absolute Gasteiger partial charge is 0.266 e. The monoisotopic (exact) mass is 363 g/mol. The van der Waals surface area contributed by atoms with E-state index in [1.165, 1.54) is 17.1 Å². The molecule has 1 aromatic carbocycles. The zero-order valence-electron chi connectivity index (χ0n) is 14.9. The quantitative estimate of drug-likeness (QED) is 0.728. The van der Waals surface area contributed by atoms with Gasteiger partial charge in [-0.3, -0.25) is 9.59 Å². The Labute approximate surface area is 156 Å². The molecule has 1 unspecified atom stereocenters. The minimum Gasteiger partial charge on any atom is -0.364 e. The summed E-state index contributed by atoms with van der Waals surface area (Å²) in [6, 6.07) is 8.25. The molecule has 2 amide bonds. The van der Waals surface area contributed by atoms with Crippen LogP contribution in [0.25, 0.3) is 10.9 Å². The zero-order valence-corrected chi connectivity index (χ0v) is 14.9. The van der Waals surface area contributed by atoms with E-state index in [0.717, 1.165) is 36.3 Å². The highest BCUT2D eigenvalue weighted by atomic mass is 16.2. The van der Waals surface area contributed by atoms with Gasteiger partial charge in [0.15, 0.2) is 0 Å². The van der Waals surface area contributed by atoms with Crippen LogP contribution in [0.2, 0.25) is 0 Å². The molecule has 7 heteroatoms. The molecule has 0 bridgehead atoms. The number of nitrogens with zero attached hydrogens (tertiary/aromatic N) is 3. The summed E-state index contributed by atoms with van der Waals surface area (Å²) in [5.41, 5.74) is 9.26. The zero-order chi connectivity index (χ0) is 18.5. The summed E-state index contributed by atoms with van der Waals surface area (Å²) in [5.74, 6) is 0.232. The van der Waals surface area contributed by atoms with Gasteiger partial charge in [-0.05, 0) is 30.9 Å². The highest BCUT2D eigenvalue weighted by Gasteiger charge is 2.34. The number of carbonyl (C=O) groups is 2. The molecule has 1 atom stereocenters. The standard InChI is InChI=1S/C20H21N5O2/c21-19(26)16-10-22-17-11-24(8-9-25(16)17)20(27)14-6-3-5-13-12-4-1-2-7-15(12)23-18(13)14/h1-2,4,7,10,14,23H,3,5-6,8-9,11H2,(H2,21,26). The fraction of sp³-hybridized carbons (Fsp3) is 0.350. The third-order valence-corrected chi connectivity index (χ3v) is 5.84. The van der Waals surface area contributed by atoms with Crippen LogP contribution in [0.5, 0.6) is 0 Å². The van der Waals surface area contributed by atoms with Crippen LogP contribution in [-0.2, 0) is 24.3 Å². The molecule has 1 aliphatic heterocycles. The molecule has 0 radical (unpaired) electrons. The lowest BCUT2D eigenvalue weighted by Crippen LogP contribution is -2.42. The van der Waals surface area contributed by atoms with Crippen LogP contribution in [-0.4, -0.2) is 37.8 Å². The summed E-state index contributed by atoms with van der Waals surface area (Å²) in [5, 5.41) is 1.23. The van der Waals surface area contributed by atoms with Crippen LogP contribution in [0.4, 0.5) is 0 Å². The molecule has 3 N–H and O–H groups in total. The summed E-state index contributed by atoms with van der Waals surface area (Å²) in [6.45, 7) is 1.53. The lowest BCUT2D eigenvalue weighted by molar-refractivity contribution is -0.134. The third kappa shape index (κ3) is 2.45. The lowest BCUT2D eigenvalue weighted by Gasteiger charge is -2.32. The number of aromatic nitrogens is 3. The maximum absolute atomic E-state index is 13.3. The van der Waals surface area contributed by atoms with E-state index in [1.807, 2.05) is 21.6 Å². The van der Waals surface area contributed by atoms with Gasteiger partial charge in [-0.25, -0.2) is 4.98 Å². The molecular weight excluding hydrogens is 342 g/mol. The Morgan fingerprint density at radius 3 is 2.93 bits per heavy atom. The van der Waals surface area contributed by atoms with Crippen molar-refractivity contribution in [1.82, 2.24) is 19.4 Å². The largest absolute Gasteiger partial charge is 0.364 e. The van der Waals surface area contributed by atoms with Crippen LogP contribution in [0.15, 0.2) is 30.5 Å². The normalized spacial score (nSPS) is 19.0. The van der Waals surface area contributed by atoms with Gasteiger partial charge >= 0.3 is 0 Å². The molecule has 5 rings (SSSR count). The number of nitrogens with one attached hydrogen (secondary N) is 1. The molecule has 2 aromatic heterocycles. The number of hydrogen-bond donors (Lipinski definition) is 2. The molecule has 0 fully saturated rings. The topological polar surface area (TPSA) is 97.0 Å². The molecule has 138 valence electrons. The number of rotatable bonds is 2. The number of aryl methyl sites for hydroxylation is 1. The van der Waals surface area contributed by atoms with Crippen molar-refractivity contribution in [3.63, 3.8) is 0 Å². The predicted octanol–water partition coefficient (Wildman–Crippen LogP) is 1.93. The van der Waals surface area contributed by atoms with Gasteiger partial charge in [-0.1, -0.05) is 18.2 Å². The Hall–Kier alpha value is -3.09. The van der Waals surface area contributed by atoms with E-state index in [1.54, 1.807) is 0 Å². The minimum atomic E-state index is -0.483. The van der Waals surface area contributed by atoms with Gasteiger partial charge in [0.2, 0.25) is 5.91 Å². The maximum atomic E-state index is 13.3. The van der Waals surface area contributed by atoms with Crippen molar-refractivity contribution in [2.75, 3.05) is 6.54 Å². The van der Waals surface area contributed by atoms with Gasteiger partial charge in [0, 0.05) is 29.7 Å². The molecule has 27 heavy (non-hydrogen) atoms. The molecule has 2 aliphatic rings. The van der Waals surface area contributed by atoms with E-state index < -0.39 is 5.91 Å². The van der Waals surface area contributed by atoms with Crippen LogP contribution in [0.3, 0.4) is 0 Å². The number of amides is 2. The first-order chi connectivity index (χ1) is 13.1. The van der Waals surface area contributed by atoms with Crippen molar-refractivity contribution < 1.29 is 9.59 Å². The number of hydrogen-bond acceptors (Lipinski definition) is 3. The Bertz CT molecular complexity index is 1060. The van der Waals surface area contributed by atoms with Crippen LogP contribution < -0.4 is 5.73 Å². The molecule has 0 saturated heterocycles. The summed E-state index contributed by atoms with van der Waals surface area (Å²) in [6.07, 6.45) is 4.38. The van der Waals surface area contributed by atoms with Gasteiger partial charge in [-0.15, -0.1) is 0 Å². The molecule has 0 spiro atoms. The summed E-state index contributed by atoms with van der Waals surface area (Å²) >= 11 is 0. The average molecular weight is 363 g/mol. The van der Waals surface area contributed by atoms with Crippen molar-refractivity contribution in [3.05, 3.63) is 53.2 Å². The van der Waals surface area contributed by atoms with E-state index in [0.29, 0.717) is 25.3 Å². The summed E-state index contributed by atoms with van der Waals surface area (Å²) in [7, 11) is 0. The average Bonchev–Trinajstić information content (AvgIpc) is 3.28. The molecule has 0 saturated carbocycles. The Morgan fingerprint density at radius 1 is 1.22 bits per heavy atom. The van der Waals surface area contributed by atoms with Crippen LogP contribution >= 0.6 is 0 Å². The van der Waals surface area contributed by atoms with Crippen molar-refractivity contribution in [2.24, 2.45) is 5.73 Å². The number of primary amides is 1. The highest BCUT2D eigenvalue weighted by Crippen LogP contribution is 2.37. The van der Waals surface area contributed by atoms with Crippen molar-refractivity contribution in [1.29, 1.82) is 0 Å². The van der Waals surface area contributed by atoms with E-state index in [4.69, 9.17) is 5.73 Å². The predicted molar refractivity (Wildman–Crippen MR) is 100 cm³/mol. The van der Waals surface area contributed by atoms with Crippen molar-refractivity contribution in [3.8, 4) is 0 Å². The second-order valence-electron chi connectivity index (χ2n) is 7.34. The van der Waals surface area contributed by atoms with Crippen molar-refractivity contribution >= 4 is 22.7 Å². The fourth-order valence-electron chi connectivity index (χ4n) is 4.53. The number of aromatic amines is 1. The third-order valence-electron chi connectivity index (χ3n) is 5.84. The van der Waals surface area contributed by atoms with Crippen LogP contribution in [0, 0.1) is 0 Å².